The van der Waals surface area contributed by atoms with Gasteiger partial charge in [-0.1, -0.05) is 12.1 Å². The summed E-state index contributed by atoms with van der Waals surface area (Å²) in [6.45, 7) is 0.0706. The van der Waals surface area contributed by atoms with Crippen molar-refractivity contribution in [3.05, 3.63) is 24.3 Å². The Morgan fingerprint density at radius 3 is 2.74 bits per heavy atom. The van der Waals surface area contributed by atoms with Crippen molar-refractivity contribution in [2.75, 3.05) is 25.6 Å². The van der Waals surface area contributed by atoms with E-state index >= 15 is 0 Å². The monoisotopic (exact) mass is 267 g/mol. The lowest BCUT2D eigenvalue weighted by atomic mass is 10.2. The molecule has 104 valence electrons. The van der Waals surface area contributed by atoms with Crippen molar-refractivity contribution in [2.24, 2.45) is 0 Å². The number of aliphatic carboxylic acids is 1. The fraction of sp³-hybridized carbons (Fsp3) is 0.385. The zero-order valence-corrected chi connectivity index (χ0v) is 10.7. The van der Waals surface area contributed by atoms with Gasteiger partial charge in [-0.3, -0.25) is 4.79 Å². The quantitative estimate of drug-likeness (QED) is 0.697. The summed E-state index contributed by atoms with van der Waals surface area (Å²) in [4.78, 5) is 22.1. The zero-order valence-electron chi connectivity index (χ0n) is 10.7. The van der Waals surface area contributed by atoms with Crippen LogP contribution in [0.1, 0.15) is 12.8 Å². The number of hydrogen-bond acceptors (Lipinski definition) is 4. The van der Waals surface area contributed by atoms with Gasteiger partial charge in [0, 0.05) is 20.1 Å². The van der Waals surface area contributed by atoms with E-state index in [1.54, 1.807) is 31.4 Å². The van der Waals surface area contributed by atoms with Crippen molar-refractivity contribution in [1.82, 2.24) is 0 Å². The molecule has 0 saturated carbocycles. The summed E-state index contributed by atoms with van der Waals surface area (Å²) in [7, 11) is 1.58. The van der Waals surface area contributed by atoms with Crippen molar-refractivity contribution >= 4 is 17.6 Å². The molecule has 6 nitrogen and oxygen atoms in total. The Balaban J connectivity index is 2.56. The Hall–Kier alpha value is -2.08. The molecule has 0 spiro atoms. The predicted molar refractivity (Wildman–Crippen MR) is 69.3 cm³/mol. The van der Waals surface area contributed by atoms with E-state index in [0.717, 1.165) is 0 Å². The Morgan fingerprint density at radius 1 is 1.32 bits per heavy atom. The van der Waals surface area contributed by atoms with E-state index in [9.17, 15) is 9.59 Å². The molecule has 0 aliphatic rings. The van der Waals surface area contributed by atoms with Crippen LogP contribution in [-0.2, 0) is 14.3 Å². The smallest absolute Gasteiger partial charge is 0.341 e. The number of carbonyl (C=O) groups excluding carboxylic acids is 1. The van der Waals surface area contributed by atoms with Gasteiger partial charge in [-0.05, 0) is 18.6 Å². The first kappa shape index (κ1) is 15.0. The van der Waals surface area contributed by atoms with Crippen molar-refractivity contribution in [3.8, 4) is 5.75 Å². The molecular formula is C13H17NO5. The van der Waals surface area contributed by atoms with Crippen LogP contribution < -0.4 is 10.1 Å². The van der Waals surface area contributed by atoms with E-state index in [-0.39, 0.29) is 5.91 Å². The number of anilines is 1. The van der Waals surface area contributed by atoms with Gasteiger partial charge in [0.05, 0.1) is 5.69 Å². The maximum atomic E-state index is 11.6. The fourth-order valence-corrected chi connectivity index (χ4v) is 1.43. The number of methoxy groups -OCH3 is 1. The molecule has 1 aromatic carbocycles. The normalized spacial score (nSPS) is 9.95. The van der Waals surface area contributed by atoms with Gasteiger partial charge in [-0.25, -0.2) is 4.79 Å². The maximum Gasteiger partial charge on any atom is 0.341 e. The van der Waals surface area contributed by atoms with E-state index in [4.69, 9.17) is 14.6 Å². The molecule has 0 aliphatic heterocycles. The number of para-hydroxylation sites is 2. The SMILES string of the molecule is COCCCC(=O)Nc1ccccc1OCC(=O)O. The topological polar surface area (TPSA) is 84.9 Å². The second-order valence-corrected chi connectivity index (χ2v) is 3.82. The van der Waals surface area contributed by atoms with Gasteiger partial charge in [0.2, 0.25) is 5.91 Å². The first-order valence-corrected chi connectivity index (χ1v) is 5.86. The highest BCUT2D eigenvalue weighted by atomic mass is 16.5. The van der Waals surface area contributed by atoms with Crippen molar-refractivity contribution in [1.29, 1.82) is 0 Å². The Labute approximate surface area is 111 Å². The van der Waals surface area contributed by atoms with Crippen LogP contribution in [0, 0.1) is 0 Å². The molecule has 0 fully saturated rings. The lowest BCUT2D eigenvalue weighted by molar-refractivity contribution is -0.139. The average molecular weight is 267 g/mol. The minimum absolute atomic E-state index is 0.163. The third-order valence-corrected chi connectivity index (χ3v) is 2.26. The molecule has 0 bridgehead atoms. The van der Waals surface area contributed by atoms with Gasteiger partial charge in [0.1, 0.15) is 5.75 Å². The zero-order chi connectivity index (χ0) is 14.1. The molecule has 0 unspecified atom stereocenters. The van der Waals surface area contributed by atoms with Gasteiger partial charge in [-0.2, -0.15) is 0 Å². The van der Waals surface area contributed by atoms with Crippen LogP contribution in [0.25, 0.3) is 0 Å². The first-order valence-electron chi connectivity index (χ1n) is 5.86. The van der Waals surface area contributed by atoms with E-state index in [2.05, 4.69) is 5.32 Å². The molecule has 1 amide bonds. The number of nitrogens with one attached hydrogen (secondary N) is 1. The number of benzene rings is 1. The summed E-state index contributed by atoms with van der Waals surface area (Å²) in [6.07, 6.45) is 0.960. The summed E-state index contributed by atoms with van der Waals surface area (Å²) in [5, 5.41) is 11.2. The third-order valence-electron chi connectivity index (χ3n) is 2.26. The molecule has 0 heterocycles. The summed E-state index contributed by atoms with van der Waals surface area (Å²) >= 11 is 0. The Bertz CT molecular complexity index is 433. The highest BCUT2D eigenvalue weighted by molar-refractivity contribution is 5.92. The standard InChI is InChI=1S/C13H17NO5/c1-18-8-4-7-12(15)14-10-5-2-3-6-11(10)19-9-13(16)17/h2-3,5-6H,4,7-9H2,1H3,(H,14,15)(H,16,17). The van der Waals surface area contributed by atoms with Crippen molar-refractivity contribution in [3.63, 3.8) is 0 Å². The number of carboxylic acid groups (broad SMARTS) is 1. The molecule has 0 radical (unpaired) electrons. The Morgan fingerprint density at radius 2 is 2.05 bits per heavy atom. The van der Waals surface area contributed by atoms with E-state index in [1.165, 1.54) is 0 Å². The van der Waals surface area contributed by atoms with Crippen LogP contribution in [0.5, 0.6) is 5.75 Å². The van der Waals surface area contributed by atoms with E-state index in [0.29, 0.717) is 30.9 Å². The molecule has 0 saturated heterocycles. The number of rotatable bonds is 8. The highest BCUT2D eigenvalue weighted by Crippen LogP contribution is 2.23. The second-order valence-electron chi connectivity index (χ2n) is 3.82. The minimum Gasteiger partial charge on any atom is -0.480 e. The molecule has 1 rings (SSSR count). The summed E-state index contributed by atoms with van der Waals surface area (Å²) in [6, 6.07) is 6.70. The molecule has 19 heavy (non-hydrogen) atoms. The molecule has 0 atom stereocenters. The summed E-state index contributed by atoms with van der Waals surface area (Å²) < 4.78 is 9.95. The number of ether oxygens (including phenoxy) is 2. The van der Waals surface area contributed by atoms with E-state index in [1.807, 2.05) is 0 Å². The summed E-state index contributed by atoms with van der Waals surface area (Å²) in [5.41, 5.74) is 0.464. The highest BCUT2D eigenvalue weighted by Gasteiger charge is 2.08. The predicted octanol–water partition coefficient (Wildman–Crippen LogP) is 1.52. The first-order chi connectivity index (χ1) is 9.13. The van der Waals surface area contributed by atoms with Crippen LogP contribution in [-0.4, -0.2) is 37.3 Å². The van der Waals surface area contributed by atoms with Crippen LogP contribution in [0.2, 0.25) is 0 Å². The lowest BCUT2D eigenvalue weighted by Gasteiger charge is -2.11. The molecule has 2 N–H and O–H groups in total. The lowest BCUT2D eigenvalue weighted by Crippen LogP contribution is -2.15. The number of hydrogen-bond donors (Lipinski definition) is 2. The fourth-order valence-electron chi connectivity index (χ4n) is 1.43. The van der Waals surface area contributed by atoms with E-state index < -0.39 is 12.6 Å². The molecular weight excluding hydrogens is 250 g/mol. The average Bonchev–Trinajstić information content (AvgIpc) is 2.38. The molecule has 0 aliphatic carbocycles. The van der Waals surface area contributed by atoms with Crippen molar-refractivity contribution in [2.45, 2.75) is 12.8 Å². The largest absolute Gasteiger partial charge is 0.480 e. The number of amides is 1. The van der Waals surface area contributed by atoms with Crippen LogP contribution in [0.15, 0.2) is 24.3 Å². The third kappa shape index (κ3) is 5.87. The van der Waals surface area contributed by atoms with Gasteiger partial charge in [0.15, 0.2) is 6.61 Å². The van der Waals surface area contributed by atoms with Gasteiger partial charge < -0.3 is 19.9 Å². The van der Waals surface area contributed by atoms with Crippen LogP contribution in [0.4, 0.5) is 5.69 Å². The molecule has 0 aromatic heterocycles. The van der Waals surface area contributed by atoms with Gasteiger partial charge in [-0.15, -0.1) is 0 Å². The van der Waals surface area contributed by atoms with Crippen LogP contribution in [0.3, 0.4) is 0 Å². The van der Waals surface area contributed by atoms with Gasteiger partial charge >= 0.3 is 5.97 Å². The van der Waals surface area contributed by atoms with Crippen LogP contribution >= 0.6 is 0 Å². The van der Waals surface area contributed by atoms with Gasteiger partial charge in [0.25, 0.3) is 0 Å². The molecule has 1 aromatic rings. The maximum absolute atomic E-state index is 11.6. The number of carboxylic acids is 1. The number of carbonyl (C=O) groups is 2. The Kier molecular flexibility index (Phi) is 6.38. The summed E-state index contributed by atoms with van der Waals surface area (Å²) in [5.74, 6) is -0.894. The van der Waals surface area contributed by atoms with Crippen molar-refractivity contribution < 1.29 is 24.2 Å². The minimum atomic E-state index is -1.07. The second kappa shape index (κ2) is 8.10. The molecule has 6 heteroatoms.